The van der Waals surface area contributed by atoms with E-state index in [0.717, 1.165) is 51.9 Å². The molecule has 2 aliphatic heterocycles. The minimum atomic E-state index is -0.0325. The maximum Gasteiger partial charge on any atom is 0.248 e. The van der Waals surface area contributed by atoms with Gasteiger partial charge in [-0.05, 0) is 39.8 Å². The van der Waals surface area contributed by atoms with E-state index in [9.17, 15) is 9.59 Å². The van der Waals surface area contributed by atoms with Gasteiger partial charge in [0.1, 0.15) is 6.61 Å². The quantitative estimate of drug-likeness (QED) is 0.745. The lowest BCUT2D eigenvalue weighted by Crippen LogP contribution is -2.49. The first-order valence-electron chi connectivity index (χ1n) is 8.20. The molecule has 2 saturated heterocycles. The summed E-state index contributed by atoms with van der Waals surface area (Å²) in [5.74, 6) is 0.335. The number of methoxy groups -OCH3 is 1. The van der Waals surface area contributed by atoms with E-state index >= 15 is 0 Å². The minimum Gasteiger partial charge on any atom is -0.375 e. The number of carbonyl (C=O) groups excluding carboxylic acids is 2. The fourth-order valence-corrected chi connectivity index (χ4v) is 3.70. The third-order valence-corrected chi connectivity index (χ3v) is 4.99. The molecule has 0 saturated carbocycles. The minimum absolute atomic E-state index is 0.0325. The Balaban J connectivity index is 2.02. The molecule has 1 unspecified atom stereocenters. The third-order valence-electron chi connectivity index (χ3n) is 4.99. The van der Waals surface area contributed by atoms with Gasteiger partial charge >= 0.3 is 0 Å². The van der Waals surface area contributed by atoms with Gasteiger partial charge in [0.25, 0.3) is 0 Å². The van der Waals surface area contributed by atoms with Crippen molar-refractivity contribution >= 4 is 11.8 Å². The Morgan fingerprint density at radius 3 is 2.73 bits per heavy atom. The molecule has 0 N–H and O–H groups in total. The Bertz CT molecular complexity index is 413. The van der Waals surface area contributed by atoms with Crippen LogP contribution in [0.4, 0.5) is 0 Å². The van der Waals surface area contributed by atoms with Crippen molar-refractivity contribution in [3.8, 4) is 0 Å². The Labute approximate surface area is 133 Å². The first kappa shape index (κ1) is 17.2. The fraction of sp³-hybridized carbons (Fsp3) is 0.875. The second-order valence-electron chi connectivity index (χ2n) is 6.74. The van der Waals surface area contributed by atoms with Crippen LogP contribution in [0.2, 0.25) is 0 Å². The highest BCUT2D eigenvalue weighted by atomic mass is 16.5. The Morgan fingerprint density at radius 2 is 2.05 bits per heavy atom. The molecule has 1 spiro atoms. The van der Waals surface area contributed by atoms with E-state index in [1.54, 1.807) is 7.11 Å². The van der Waals surface area contributed by atoms with Crippen molar-refractivity contribution in [3.05, 3.63) is 0 Å². The highest BCUT2D eigenvalue weighted by Gasteiger charge is 2.45. The summed E-state index contributed by atoms with van der Waals surface area (Å²) in [5, 5.41) is 0. The number of likely N-dealkylation sites (tertiary alicyclic amines) is 2. The van der Waals surface area contributed by atoms with E-state index < -0.39 is 0 Å². The molecule has 2 aliphatic rings. The first-order chi connectivity index (χ1) is 10.5. The molecule has 1 atom stereocenters. The van der Waals surface area contributed by atoms with E-state index in [1.165, 1.54) is 0 Å². The van der Waals surface area contributed by atoms with E-state index in [4.69, 9.17) is 4.74 Å². The molecule has 0 aromatic rings. The molecule has 6 nitrogen and oxygen atoms in total. The molecule has 2 rings (SSSR count). The standard InChI is InChI=1S/C16H29N3O3/c1-17(2)11-12-19-14(20)5-7-16(19)6-4-9-18(10-8-16)15(21)13-22-3/h4-13H2,1-3H3. The number of nitrogens with zero attached hydrogens (tertiary/aromatic N) is 3. The van der Waals surface area contributed by atoms with E-state index in [1.807, 2.05) is 19.0 Å². The summed E-state index contributed by atoms with van der Waals surface area (Å²) < 4.78 is 4.96. The topological polar surface area (TPSA) is 53.1 Å². The average Bonchev–Trinajstić information content (AvgIpc) is 2.64. The van der Waals surface area contributed by atoms with Crippen LogP contribution in [-0.2, 0) is 14.3 Å². The lowest BCUT2D eigenvalue weighted by atomic mass is 9.87. The smallest absolute Gasteiger partial charge is 0.248 e. The van der Waals surface area contributed by atoms with Gasteiger partial charge in [0.15, 0.2) is 0 Å². The number of likely N-dealkylation sites (N-methyl/N-ethyl adjacent to an activating group) is 1. The summed E-state index contributed by atoms with van der Waals surface area (Å²) in [6.45, 7) is 3.33. The molecule has 0 bridgehead atoms. The molecule has 0 radical (unpaired) electrons. The van der Waals surface area contributed by atoms with Crippen LogP contribution in [0.25, 0.3) is 0 Å². The van der Waals surface area contributed by atoms with Gasteiger partial charge in [0, 0.05) is 45.2 Å². The third kappa shape index (κ3) is 3.79. The number of hydrogen-bond acceptors (Lipinski definition) is 4. The SMILES string of the molecule is COCC(=O)N1CCCC2(CCC(=O)N2CCN(C)C)CC1. The molecular formula is C16H29N3O3. The molecule has 0 aliphatic carbocycles. The maximum atomic E-state index is 12.3. The van der Waals surface area contributed by atoms with E-state index in [-0.39, 0.29) is 24.0 Å². The molecule has 6 heteroatoms. The number of amides is 2. The normalized spacial score (nSPS) is 26.1. The molecule has 0 aromatic heterocycles. The van der Waals surface area contributed by atoms with Gasteiger partial charge in [-0.3, -0.25) is 9.59 Å². The Kier molecular flexibility index (Phi) is 5.81. The lowest BCUT2D eigenvalue weighted by Gasteiger charge is -2.38. The Morgan fingerprint density at radius 1 is 1.27 bits per heavy atom. The van der Waals surface area contributed by atoms with Crippen LogP contribution in [0.15, 0.2) is 0 Å². The summed E-state index contributed by atoms with van der Waals surface area (Å²) in [6, 6.07) is 0. The van der Waals surface area contributed by atoms with Gasteiger partial charge in [-0.1, -0.05) is 0 Å². The monoisotopic (exact) mass is 311 g/mol. The van der Waals surface area contributed by atoms with Crippen molar-refractivity contribution in [2.45, 2.75) is 37.6 Å². The molecule has 126 valence electrons. The maximum absolute atomic E-state index is 12.3. The Hall–Kier alpha value is -1.14. The zero-order chi connectivity index (χ0) is 16.2. The van der Waals surface area contributed by atoms with Crippen LogP contribution < -0.4 is 0 Å². The number of ether oxygens (including phenoxy) is 1. The van der Waals surface area contributed by atoms with Gasteiger partial charge in [-0.15, -0.1) is 0 Å². The van der Waals surface area contributed by atoms with Crippen LogP contribution in [-0.4, -0.2) is 86.0 Å². The summed E-state index contributed by atoms with van der Waals surface area (Å²) in [5.41, 5.74) is -0.0325. The van der Waals surface area contributed by atoms with Crippen LogP contribution in [0.5, 0.6) is 0 Å². The van der Waals surface area contributed by atoms with Gasteiger partial charge in [-0.25, -0.2) is 0 Å². The molecule has 22 heavy (non-hydrogen) atoms. The van der Waals surface area contributed by atoms with Crippen molar-refractivity contribution < 1.29 is 14.3 Å². The molecular weight excluding hydrogens is 282 g/mol. The van der Waals surface area contributed by atoms with Gasteiger partial charge in [0.05, 0.1) is 0 Å². The van der Waals surface area contributed by atoms with E-state index in [0.29, 0.717) is 6.42 Å². The first-order valence-corrected chi connectivity index (χ1v) is 8.20. The van der Waals surface area contributed by atoms with E-state index in [2.05, 4.69) is 9.80 Å². The number of carbonyl (C=O) groups is 2. The molecule has 2 heterocycles. The average molecular weight is 311 g/mol. The van der Waals surface area contributed by atoms with Crippen molar-refractivity contribution in [1.82, 2.24) is 14.7 Å². The van der Waals surface area contributed by atoms with Crippen LogP contribution >= 0.6 is 0 Å². The molecule has 2 fully saturated rings. The summed E-state index contributed by atoms with van der Waals surface area (Å²) in [4.78, 5) is 30.4. The second kappa shape index (κ2) is 7.42. The largest absolute Gasteiger partial charge is 0.375 e. The van der Waals surface area contributed by atoms with Crippen LogP contribution in [0.1, 0.15) is 32.1 Å². The summed E-state index contributed by atoms with van der Waals surface area (Å²) in [7, 11) is 5.62. The summed E-state index contributed by atoms with van der Waals surface area (Å²) in [6.07, 6.45) is 4.44. The van der Waals surface area contributed by atoms with Crippen molar-refractivity contribution in [2.24, 2.45) is 0 Å². The fourth-order valence-electron chi connectivity index (χ4n) is 3.70. The predicted molar refractivity (Wildman–Crippen MR) is 84.5 cm³/mol. The zero-order valence-electron chi connectivity index (χ0n) is 14.1. The molecule has 0 aromatic carbocycles. The van der Waals surface area contributed by atoms with Crippen molar-refractivity contribution in [3.63, 3.8) is 0 Å². The van der Waals surface area contributed by atoms with Crippen molar-refractivity contribution in [2.75, 3.05) is 54.0 Å². The van der Waals surface area contributed by atoms with Gasteiger partial charge < -0.3 is 19.4 Å². The highest BCUT2D eigenvalue weighted by molar-refractivity contribution is 5.80. The number of hydrogen-bond donors (Lipinski definition) is 0. The molecule has 2 amide bonds. The number of rotatable bonds is 5. The summed E-state index contributed by atoms with van der Waals surface area (Å²) >= 11 is 0. The second-order valence-corrected chi connectivity index (χ2v) is 6.74. The van der Waals surface area contributed by atoms with Gasteiger partial charge in [0.2, 0.25) is 11.8 Å². The van der Waals surface area contributed by atoms with Crippen LogP contribution in [0, 0.1) is 0 Å². The van der Waals surface area contributed by atoms with Crippen molar-refractivity contribution in [1.29, 1.82) is 0 Å². The highest BCUT2D eigenvalue weighted by Crippen LogP contribution is 2.38. The van der Waals surface area contributed by atoms with Crippen LogP contribution in [0.3, 0.4) is 0 Å². The lowest BCUT2D eigenvalue weighted by molar-refractivity contribution is -0.135. The zero-order valence-corrected chi connectivity index (χ0v) is 14.1. The van der Waals surface area contributed by atoms with Gasteiger partial charge in [-0.2, -0.15) is 0 Å². The predicted octanol–water partition coefficient (Wildman–Crippen LogP) is 0.568.